The fourth-order valence-corrected chi connectivity index (χ4v) is 6.13. The van der Waals surface area contributed by atoms with E-state index in [4.69, 9.17) is 0 Å². The number of rotatable bonds is 3. The Labute approximate surface area is 211 Å². The van der Waals surface area contributed by atoms with Crippen LogP contribution < -0.4 is 61.8 Å². The molecule has 3 heterocycles. The van der Waals surface area contributed by atoms with Crippen LogP contribution in [0.15, 0.2) is 30.3 Å². The number of carbonyl (C=O) groups excluding carboxylic acids is 3. The van der Waals surface area contributed by atoms with E-state index in [2.05, 4.69) is 5.32 Å². The summed E-state index contributed by atoms with van der Waals surface area (Å²) in [6, 6.07) is 7.19. The largest absolute Gasteiger partial charge is 1.00 e. The maximum Gasteiger partial charge on any atom is 1.00 e. The number of hydrogen-bond acceptors (Lipinski definition) is 6. The quantitative estimate of drug-likeness (QED) is 0.411. The minimum absolute atomic E-state index is 0. The first-order valence-corrected chi connectivity index (χ1v) is 9.81. The summed E-state index contributed by atoms with van der Waals surface area (Å²) in [6.07, 6.45) is 0. The summed E-state index contributed by atoms with van der Waals surface area (Å²) in [5.74, 6) is -1.75. The molecule has 1 N–H and O–H groups in total. The Morgan fingerprint density at radius 1 is 1.11 bits per heavy atom. The van der Waals surface area contributed by atoms with Gasteiger partial charge in [0.1, 0.15) is 17.5 Å². The van der Waals surface area contributed by atoms with Crippen molar-refractivity contribution in [1.82, 2.24) is 15.1 Å². The number of aliphatic carboxylic acids is 1. The molecule has 1 unspecified atom stereocenters. The number of thioether (sulfide) groups is 1. The van der Waals surface area contributed by atoms with Gasteiger partial charge in [-0.15, -0.1) is 11.8 Å². The van der Waals surface area contributed by atoms with Gasteiger partial charge in [-0.2, -0.15) is 0 Å². The van der Waals surface area contributed by atoms with Crippen molar-refractivity contribution in [2.75, 3.05) is 0 Å². The number of β-lactam (4-membered cyclic amide) rings is 1. The van der Waals surface area contributed by atoms with Gasteiger partial charge in [0.25, 0.3) is 0 Å². The number of carboxylic acid groups (broad SMARTS) is 1. The molecule has 1 aromatic rings. The van der Waals surface area contributed by atoms with E-state index in [-0.39, 0.29) is 68.6 Å². The molecule has 3 aliphatic rings. The van der Waals surface area contributed by atoms with Gasteiger partial charge in [-0.25, -0.2) is 0 Å². The molecule has 3 aliphatic heterocycles. The van der Waals surface area contributed by atoms with Crippen molar-refractivity contribution in [3.05, 3.63) is 35.9 Å². The summed E-state index contributed by atoms with van der Waals surface area (Å²) in [6.45, 7) is 7.32. The number of nitrogens with zero attached hydrogens (tertiary/aromatic N) is 2. The number of benzene rings is 1. The van der Waals surface area contributed by atoms with Crippen LogP contribution in [0.3, 0.4) is 0 Å². The van der Waals surface area contributed by atoms with Crippen molar-refractivity contribution in [2.45, 2.75) is 61.6 Å². The number of carbonyl (C=O) groups is 3. The van der Waals surface area contributed by atoms with Crippen molar-refractivity contribution in [3.63, 3.8) is 0 Å². The number of fused-ring (bicyclic) bond motifs is 1. The molecule has 0 bridgehead atoms. The van der Waals surface area contributed by atoms with E-state index >= 15 is 0 Å². The number of carboxylic acids is 1. The summed E-state index contributed by atoms with van der Waals surface area (Å²) >= 11 is 1.42. The Morgan fingerprint density at radius 3 is 2.29 bits per heavy atom. The molecule has 4 atom stereocenters. The van der Waals surface area contributed by atoms with Crippen LogP contribution in [0.4, 0.5) is 0 Å². The molecule has 28 heavy (non-hydrogen) atoms. The van der Waals surface area contributed by atoms with Crippen molar-refractivity contribution < 1.29 is 70.9 Å². The van der Waals surface area contributed by atoms with Gasteiger partial charge in [0.2, 0.25) is 11.8 Å². The standard InChI is InChI=1S/C19H23N3O4S.K/c1-18(2)13(17(25)26)21-15(24)12(16(21)27-18)22-14(23)11(20-19(22,3)4)10-8-6-5-7-9-10;/h5-9,11-13,16,20H,1-4H3,(H,25,26);/q;+1/p-1/t11?,12-,13+,16-;/m1./s1. The summed E-state index contributed by atoms with van der Waals surface area (Å²) in [4.78, 5) is 40.7. The van der Waals surface area contributed by atoms with Gasteiger partial charge in [0.05, 0.1) is 17.7 Å². The first-order chi connectivity index (χ1) is 12.6. The molecule has 9 heteroatoms. The number of amides is 2. The molecule has 0 radical (unpaired) electrons. The monoisotopic (exact) mass is 427 g/mol. The smallest absolute Gasteiger partial charge is 0.548 e. The molecule has 3 saturated heterocycles. The van der Waals surface area contributed by atoms with Crippen molar-refractivity contribution in [1.29, 1.82) is 0 Å². The molecule has 144 valence electrons. The second-order valence-corrected chi connectivity index (χ2v) is 10.0. The molecule has 0 spiro atoms. The molecular weight excluding hydrogens is 405 g/mol. The average molecular weight is 428 g/mol. The van der Waals surface area contributed by atoms with Crippen LogP contribution in [-0.4, -0.2) is 55.5 Å². The number of nitrogens with one attached hydrogen (secondary N) is 1. The fraction of sp³-hybridized carbons (Fsp3) is 0.526. The van der Waals surface area contributed by atoms with Gasteiger partial charge >= 0.3 is 51.4 Å². The first-order valence-electron chi connectivity index (χ1n) is 8.93. The Balaban J connectivity index is 0.00000225. The van der Waals surface area contributed by atoms with Crippen LogP contribution in [0.1, 0.15) is 39.3 Å². The maximum atomic E-state index is 13.2. The second kappa shape index (κ2) is 7.37. The van der Waals surface area contributed by atoms with Crippen LogP contribution in [0.5, 0.6) is 0 Å². The normalized spacial score (nSPS) is 32.6. The van der Waals surface area contributed by atoms with Crippen LogP contribution in [0, 0.1) is 0 Å². The van der Waals surface area contributed by atoms with E-state index in [9.17, 15) is 19.5 Å². The predicted octanol–water partition coefficient (Wildman–Crippen LogP) is -2.92. The van der Waals surface area contributed by atoms with E-state index in [0.29, 0.717) is 0 Å². The summed E-state index contributed by atoms with van der Waals surface area (Å²) < 4.78 is -0.674. The van der Waals surface area contributed by atoms with E-state index in [1.54, 1.807) is 18.7 Å². The molecule has 3 fully saturated rings. The summed E-state index contributed by atoms with van der Waals surface area (Å²) in [7, 11) is 0. The topological polar surface area (TPSA) is 92.8 Å². The molecule has 4 rings (SSSR count). The zero-order chi connectivity index (χ0) is 19.7. The zero-order valence-corrected chi connectivity index (χ0v) is 20.6. The third kappa shape index (κ3) is 3.19. The van der Waals surface area contributed by atoms with E-state index in [0.717, 1.165) is 5.56 Å². The number of hydrogen-bond donors (Lipinski definition) is 1. The zero-order valence-electron chi connectivity index (χ0n) is 16.6. The second-order valence-electron chi connectivity index (χ2n) is 8.28. The summed E-state index contributed by atoms with van der Waals surface area (Å²) in [5.41, 5.74) is 0.114. The SMILES string of the molecule is CC1(C)S[C@@H]2[C@H](N3C(=O)C(c4ccccc4)NC3(C)C)C(=O)N2[C@H]1C(=O)[O-].[K+]. The molecule has 0 aromatic heterocycles. The van der Waals surface area contributed by atoms with Crippen LogP contribution in [-0.2, 0) is 14.4 Å². The van der Waals surface area contributed by atoms with Gasteiger partial charge in [0, 0.05) is 4.75 Å². The Bertz CT molecular complexity index is 832. The average Bonchev–Trinajstić information content (AvgIpc) is 2.98. The maximum absolute atomic E-state index is 13.2. The van der Waals surface area contributed by atoms with Gasteiger partial charge in [-0.1, -0.05) is 30.3 Å². The molecule has 0 aliphatic carbocycles. The summed E-state index contributed by atoms with van der Waals surface area (Å²) in [5, 5.41) is 14.5. The van der Waals surface area contributed by atoms with Crippen molar-refractivity contribution in [3.8, 4) is 0 Å². The van der Waals surface area contributed by atoms with Gasteiger partial charge in [0.15, 0.2) is 0 Å². The van der Waals surface area contributed by atoms with E-state index in [1.807, 2.05) is 44.2 Å². The minimum atomic E-state index is -1.26. The molecule has 0 saturated carbocycles. The third-order valence-electron chi connectivity index (χ3n) is 5.63. The Morgan fingerprint density at radius 2 is 1.71 bits per heavy atom. The minimum Gasteiger partial charge on any atom is -0.548 e. The molecular formula is C19H22KN3O4S. The fourth-order valence-electron chi connectivity index (χ4n) is 4.47. The molecule has 2 amide bonds. The Kier molecular flexibility index (Phi) is 5.86. The molecule has 1 aromatic carbocycles. The van der Waals surface area contributed by atoms with Gasteiger partial charge < -0.3 is 19.7 Å². The van der Waals surface area contributed by atoms with E-state index in [1.165, 1.54) is 16.7 Å². The van der Waals surface area contributed by atoms with Crippen LogP contribution >= 0.6 is 11.8 Å². The van der Waals surface area contributed by atoms with E-state index < -0.39 is 34.5 Å². The van der Waals surface area contributed by atoms with Gasteiger partial charge in [-0.05, 0) is 33.3 Å². The van der Waals surface area contributed by atoms with Crippen molar-refractivity contribution >= 4 is 29.5 Å². The third-order valence-corrected chi connectivity index (χ3v) is 7.19. The van der Waals surface area contributed by atoms with Crippen LogP contribution in [0.2, 0.25) is 0 Å². The van der Waals surface area contributed by atoms with Crippen molar-refractivity contribution in [2.24, 2.45) is 0 Å². The van der Waals surface area contributed by atoms with Crippen LogP contribution in [0.25, 0.3) is 0 Å². The molecule has 7 nitrogen and oxygen atoms in total. The van der Waals surface area contributed by atoms with Gasteiger partial charge in [-0.3, -0.25) is 14.9 Å². The predicted molar refractivity (Wildman–Crippen MR) is 98.1 cm³/mol. The first kappa shape index (κ1) is 22.3. The Hall–Kier alpha value is -0.424.